The highest BCUT2D eigenvalue weighted by molar-refractivity contribution is 7.07. The predicted octanol–water partition coefficient (Wildman–Crippen LogP) is 4.14. The van der Waals surface area contributed by atoms with Crippen LogP contribution in [0.4, 0.5) is 10.1 Å². The molecule has 2 heterocycles. The molecule has 154 valence electrons. The highest BCUT2D eigenvalue weighted by atomic mass is 32.1. The lowest BCUT2D eigenvalue weighted by molar-refractivity contribution is -0.121. The summed E-state index contributed by atoms with van der Waals surface area (Å²) in [7, 11) is 0. The van der Waals surface area contributed by atoms with Crippen LogP contribution in [-0.4, -0.2) is 39.4 Å². The zero-order valence-corrected chi connectivity index (χ0v) is 17.3. The highest BCUT2D eigenvalue weighted by Crippen LogP contribution is 2.25. The van der Waals surface area contributed by atoms with Crippen molar-refractivity contribution in [3.63, 3.8) is 0 Å². The van der Waals surface area contributed by atoms with Crippen LogP contribution in [0.1, 0.15) is 28.2 Å². The predicted molar refractivity (Wildman–Crippen MR) is 114 cm³/mol. The first kappa shape index (κ1) is 20.2. The number of anilines is 1. The summed E-state index contributed by atoms with van der Waals surface area (Å²) in [6, 6.07) is 13.7. The summed E-state index contributed by atoms with van der Waals surface area (Å²) in [5.74, 6) is -0.788. The Balaban J connectivity index is 1.43. The molecule has 1 N–H and O–H groups in total. The maximum absolute atomic E-state index is 13.2. The van der Waals surface area contributed by atoms with Gasteiger partial charge in [0.15, 0.2) is 0 Å². The molecule has 6 nitrogen and oxygen atoms in total. The van der Waals surface area contributed by atoms with Gasteiger partial charge in [0.2, 0.25) is 5.91 Å². The Morgan fingerprint density at radius 3 is 2.70 bits per heavy atom. The molecule has 1 atom stereocenters. The van der Waals surface area contributed by atoms with Gasteiger partial charge in [0, 0.05) is 18.8 Å². The molecule has 3 aromatic rings. The van der Waals surface area contributed by atoms with Crippen molar-refractivity contribution in [1.82, 2.24) is 14.5 Å². The average molecular weight is 425 g/mol. The van der Waals surface area contributed by atoms with E-state index in [1.54, 1.807) is 24.0 Å². The summed E-state index contributed by atoms with van der Waals surface area (Å²) >= 11 is 1.09. The van der Waals surface area contributed by atoms with Gasteiger partial charge in [-0.25, -0.2) is 4.39 Å². The first-order chi connectivity index (χ1) is 14.5. The quantitative estimate of drug-likeness (QED) is 0.683. The number of carbonyl (C=O) groups is 2. The summed E-state index contributed by atoms with van der Waals surface area (Å²) in [4.78, 5) is 27.8. The molecule has 8 heteroatoms. The second-order valence-corrected chi connectivity index (χ2v) is 8.11. The van der Waals surface area contributed by atoms with Crippen molar-refractivity contribution in [2.24, 2.45) is 5.92 Å². The summed E-state index contributed by atoms with van der Waals surface area (Å²) in [5, 5.41) is 6.87. The SMILES string of the molecule is Cc1nnsc1C(=O)N1CCC[C@H](C(=O)Nc2cccc(-c3ccc(F)cc3)c2)C1. The Hall–Kier alpha value is -3.13. The van der Waals surface area contributed by atoms with Gasteiger partial charge in [-0.3, -0.25) is 9.59 Å². The van der Waals surface area contributed by atoms with E-state index in [1.165, 1.54) is 12.1 Å². The molecule has 30 heavy (non-hydrogen) atoms. The van der Waals surface area contributed by atoms with Crippen LogP contribution >= 0.6 is 11.5 Å². The number of aryl methyl sites for hydroxylation is 1. The summed E-state index contributed by atoms with van der Waals surface area (Å²) < 4.78 is 17.0. The van der Waals surface area contributed by atoms with Crippen molar-refractivity contribution in [1.29, 1.82) is 0 Å². The molecule has 0 saturated carbocycles. The van der Waals surface area contributed by atoms with E-state index in [2.05, 4.69) is 14.9 Å². The third-order valence-corrected chi connectivity index (χ3v) is 6.05. The Kier molecular flexibility index (Phi) is 5.85. The minimum Gasteiger partial charge on any atom is -0.337 e. The normalized spacial score (nSPS) is 16.3. The second kappa shape index (κ2) is 8.71. The van der Waals surface area contributed by atoms with E-state index in [4.69, 9.17) is 0 Å². The number of halogens is 1. The highest BCUT2D eigenvalue weighted by Gasteiger charge is 2.30. The lowest BCUT2D eigenvalue weighted by Gasteiger charge is -2.31. The molecule has 2 aromatic carbocycles. The Labute approximate surface area is 177 Å². The maximum Gasteiger partial charge on any atom is 0.267 e. The van der Waals surface area contributed by atoms with Crippen LogP contribution in [0.25, 0.3) is 11.1 Å². The number of benzene rings is 2. The molecule has 1 aromatic heterocycles. The van der Waals surface area contributed by atoms with Crippen LogP contribution < -0.4 is 5.32 Å². The van der Waals surface area contributed by atoms with Crippen LogP contribution in [-0.2, 0) is 4.79 Å². The molecule has 2 amide bonds. The van der Waals surface area contributed by atoms with Crippen LogP contribution in [0.3, 0.4) is 0 Å². The number of nitrogens with zero attached hydrogens (tertiary/aromatic N) is 3. The van der Waals surface area contributed by atoms with Crippen LogP contribution in [0, 0.1) is 18.7 Å². The van der Waals surface area contributed by atoms with Crippen molar-refractivity contribution in [2.45, 2.75) is 19.8 Å². The van der Waals surface area contributed by atoms with Crippen molar-refractivity contribution < 1.29 is 14.0 Å². The number of rotatable bonds is 4. The summed E-state index contributed by atoms with van der Waals surface area (Å²) in [6.45, 7) is 2.76. The van der Waals surface area contributed by atoms with Gasteiger partial charge in [-0.05, 0) is 66.7 Å². The van der Waals surface area contributed by atoms with Gasteiger partial charge < -0.3 is 10.2 Å². The Bertz CT molecular complexity index is 1070. The topological polar surface area (TPSA) is 75.2 Å². The minimum absolute atomic E-state index is 0.108. The fraction of sp³-hybridized carbons (Fsp3) is 0.273. The molecule has 0 unspecified atom stereocenters. The number of hydrogen-bond acceptors (Lipinski definition) is 5. The average Bonchev–Trinajstić information content (AvgIpc) is 3.20. The van der Waals surface area contributed by atoms with E-state index in [9.17, 15) is 14.0 Å². The van der Waals surface area contributed by atoms with Gasteiger partial charge in [-0.1, -0.05) is 28.8 Å². The van der Waals surface area contributed by atoms with E-state index in [-0.39, 0.29) is 23.5 Å². The molecule has 1 saturated heterocycles. The molecular formula is C22H21FN4O2S. The maximum atomic E-state index is 13.2. The van der Waals surface area contributed by atoms with E-state index < -0.39 is 0 Å². The van der Waals surface area contributed by atoms with Crippen LogP contribution in [0.15, 0.2) is 48.5 Å². The monoisotopic (exact) mass is 424 g/mol. The second-order valence-electron chi connectivity index (χ2n) is 7.35. The van der Waals surface area contributed by atoms with Gasteiger partial charge in [0.05, 0.1) is 11.6 Å². The Morgan fingerprint density at radius 2 is 1.97 bits per heavy atom. The lowest BCUT2D eigenvalue weighted by atomic mass is 9.96. The van der Waals surface area contributed by atoms with Gasteiger partial charge in [-0.15, -0.1) is 5.10 Å². The third-order valence-electron chi connectivity index (χ3n) is 5.23. The number of piperidine rings is 1. The van der Waals surface area contributed by atoms with Crippen LogP contribution in [0.5, 0.6) is 0 Å². The van der Waals surface area contributed by atoms with E-state index in [0.717, 1.165) is 35.5 Å². The molecule has 1 fully saturated rings. The molecule has 0 bridgehead atoms. The van der Waals surface area contributed by atoms with Crippen molar-refractivity contribution in [2.75, 3.05) is 18.4 Å². The summed E-state index contributed by atoms with van der Waals surface area (Å²) in [6.07, 6.45) is 1.50. The number of aromatic nitrogens is 2. The van der Waals surface area contributed by atoms with Crippen LogP contribution in [0.2, 0.25) is 0 Å². The minimum atomic E-state index is -0.288. The zero-order chi connectivity index (χ0) is 21.1. The lowest BCUT2D eigenvalue weighted by Crippen LogP contribution is -2.43. The first-order valence-electron chi connectivity index (χ1n) is 9.76. The summed E-state index contributed by atoms with van der Waals surface area (Å²) in [5.41, 5.74) is 3.05. The standard InChI is InChI=1S/C22H21FN4O2S/c1-14-20(30-26-25-14)22(29)27-11-3-5-17(13-27)21(28)24-19-6-2-4-16(12-19)15-7-9-18(23)10-8-15/h2,4,6-10,12,17H,3,5,11,13H2,1H3,(H,24,28)/t17-/m0/s1. The number of likely N-dealkylation sites (tertiary alicyclic amines) is 1. The first-order valence-corrected chi connectivity index (χ1v) is 10.5. The fourth-order valence-electron chi connectivity index (χ4n) is 3.61. The van der Waals surface area contributed by atoms with E-state index in [1.807, 2.05) is 24.3 Å². The number of carbonyl (C=O) groups excluding carboxylic acids is 2. The molecule has 1 aliphatic heterocycles. The number of amides is 2. The molecule has 0 aliphatic carbocycles. The fourth-order valence-corrected chi connectivity index (χ4v) is 4.24. The van der Waals surface area contributed by atoms with Gasteiger partial charge in [-0.2, -0.15) is 0 Å². The smallest absolute Gasteiger partial charge is 0.267 e. The largest absolute Gasteiger partial charge is 0.337 e. The number of hydrogen-bond donors (Lipinski definition) is 1. The van der Waals surface area contributed by atoms with E-state index in [0.29, 0.717) is 29.3 Å². The van der Waals surface area contributed by atoms with E-state index >= 15 is 0 Å². The zero-order valence-electron chi connectivity index (χ0n) is 16.5. The third kappa shape index (κ3) is 4.38. The Morgan fingerprint density at radius 1 is 1.17 bits per heavy atom. The number of nitrogens with one attached hydrogen (secondary N) is 1. The molecule has 0 radical (unpaired) electrons. The molecular weight excluding hydrogens is 403 g/mol. The molecule has 4 rings (SSSR count). The van der Waals surface area contributed by atoms with Gasteiger partial charge in [0.1, 0.15) is 10.7 Å². The molecule has 0 spiro atoms. The van der Waals surface area contributed by atoms with Crippen molar-refractivity contribution in [3.8, 4) is 11.1 Å². The van der Waals surface area contributed by atoms with Gasteiger partial charge >= 0.3 is 0 Å². The van der Waals surface area contributed by atoms with Crippen molar-refractivity contribution >= 4 is 29.0 Å². The van der Waals surface area contributed by atoms with Crippen molar-refractivity contribution in [3.05, 3.63) is 64.9 Å². The molecule has 1 aliphatic rings. The van der Waals surface area contributed by atoms with Gasteiger partial charge in [0.25, 0.3) is 5.91 Å².